The minimum absolute atomic E-state index is 0.00339. The van der Waals surface area contributed by atoms with E-state index in [1.807, 2.05) is 0 Å². The van der Waals surface area contributed by atoms with E-state index in [1.54, 1.807) is 22.3 Å². The third kappa shape index (κ3) is 13.0. The highest BCUT2D eigenvalue weighted by Crippen LogP contribution is 2.69. The van der Waals surface area contributed by atoms with Crippen LogP contribution in [0.5, 0.6) is 0 Å². The van der Waals surface area contributed by atoms with Gasteiger partial charge in [0.15, 0.2) is 0 Å². The fourth-order valence-electron chi connectivity index (χ4n) is 21.5. The van der Waals surface area contributed by atoms with Crippen molar-refractivity contribution in [3.05, 3.63) is 105 Å². The highest BCUT2D eigenvalue weighted by atomic mass is 32.2. The number of carbonyl (C=O) groups excluding carboxylic acids is 1. The molecule has 6 saturated carbocycles. The molecule has 8 nitrogen and oxygen atoms in total. The minimum Gasteiger partial charge on any atom is -0.396 e. The third-order valence-corrected chi connectivity index (χ3v) is 28.3. The molecule has 12 aliphatic rings. The van der Waals surface area contributed by atoms with Gasteiger partial charge in [-0.25, -0.2) is 0 Å². The minimum atomic E-state index is -0.117. The molecule has 1 N–H and O–H groups in total. The van der Waals surface area contributed by atoms with Crippen molar-refractivity contribution >= 4 is 120 Å². The Morgan fingerprint density at radius 1 is 0.500 bits per heavy atom. The summed E-state index contributed by atoms with van der Waals surface area (Å²) in [5.74, 6) is 4.36. The second-order valence-electron chi connectivity index (χ2n) is 30.0. The van der Waals surface area contributed by atoms with E-state index in [0.717, 1.165) is 161 Å². The zero-order valence-electron chi connectivity index (χ0n) is 61.3. The Balaban J connectivity index is 0.000000157. The van der Waals surface area contributed by atoms with Gasteiger partial charge in [0.1, 0.15) is 6.29 Å². The van der Waals surface area contributed by atoms with Gasteiger partial charge in [-0.3, -0.25) is 0 Å². The lowest BCUT2D eigenvalue weighted by Gasteiger charge is -2.57. The van der Waals surface area contributed by atoms with Crippen molar-refractivity contribution in [2.45, 2.75) is 228 Å². The quantitative estimate of drug-likeness (QED) is 0.0366. The Labute approximate surface area is 584 Å². The maximum atomic E-state index is 11.2. The predicted octanol–water partition coefficient (Wildman–Crippen LogP) is 15.8. The number of allylic oxidation sites excluding steroid dienone is 15. The molecule has 20 heteroatoms. The van der Waals surface area contributed by atoms with Crippen molar-refractivity contribution in [1.29, 1.82) is 8.01 Å². The maximum absolute atomic E-state index is 11.2. The van der Waals surface area contributed by atoms with Crippen LogP contribution in [0.1, 0.15) is 191 Å². The van der Waals surface area contributed by atoms with Crippen LogP contribution < -0.4 is 0 Å². The molecule has 0 heterocycles. The lowest BCUT2D eigenvalue weighted by molar-refractivity contribution is -0.108. The first kappa shape index (κ1) is 64.2. The summed E-state index contributed by atoms with van der Waals surface area (Å²) in [6, 6.07) is 0. The van der Waals surface area contributed by atoms with Crippen LogP contribution in [0.25, 0.3) is 0 Å². The van der Waals surface area contributed by atoms with E-state index in [1.165, 1.54) is 102 Å². The van der Waals surface area contributed by atoms with Crippen LogP contribution >= 0.6 is 71.4 Å². The summed E-state index contributed by atoms with van der Waals surface area (Å²) in [4.78, 5) is 11.2. The summed E-state index contributed by atoms with van der Waals surface area (Å²) in [5, 5.41) is 9.50. The molecule has 0 aromatic heterocycles. The lowest BCUT2D eigenvalue weighted by atomic mass is 9.49. The number of aliphatic hydroxyl groups is 1. The molecule has 90 heavy (non-hydrogen) atoms. The van der Waals surface area contributed by atoms with Gasteiger partial charge in [-0.15, -0.1) is 0 Å². The average Bonchev–Trinajstić information content (AvgIpc) is 1.21. The number of fused-ring (bicyclic) bond motifs is 15. The predicted molar refractivity (Wildman–Crippen MR) is 394 cm³/mol. The average molecular weight is 1340 g/mol. The van der Waals surface area contributed by atoms with E-state index in [2.05, 4.69) is 124 Å². The second kappa shape index (κ2) is 30.3. The Morgan fingerprint density at radius 3 is 1.13 bits per heavy atom. The zero-order chi connectivity index (χ0) is 68.8. The summed E-state index contributed by atoms with van der Waals surface area (Å²) < 4.78 is 80.5. The summed E-state index contributed by atoms with van der Waals surface area (Å²) in [5.41, 5.74) is 13.9. The highest BCUT2D eigenvalue weighted by molar-refractivity contribution is 8.16. The van der Waals surface area contributed by atoms with Crippen molar-refractivity contribution in [1.82, 2.24) is 0 Å². The molecule has 12 aliphatic carbocycles. The van der Waals surface area contributed by atoms with Crippen LogP contribution in [0.2, 0.25) is 0 Å². The van der Waals surface area contributed by atoms with Gasteiger partial charge in [-0.2, -0.15) is 0 Å². The molecule has 0 amide bonds. The van der Waals surface area contributed by atoms with E-state index in [0.29, 0.717) is 65.1 Å². The maximum Gasteiger partial charge on any atom is 0.209 e. The molecule has 6 radical (unpaired) electrons. The van der Waals surface area contributed by atoms with Crippen LogP contribution in [-0.4, -0.2) is 105 Å². The number of rotatable bonds is 27. The third-order valence-electron chi connectivity index (χ3n) is 26.2. The largest absolute Gasteiger partial charge is 0.396 e. The monoisotopic (exact) mass is 1340 g/mol. The molecule has 0 spiro atoms. The Bertz CT molecular complexity index is 2900. The van der Waals surface area contributed by atoms with Crippen molar-refractivity contribution in [3.63, 3.8) is 0 Å². The van der Waals surface area contributed by atoms with Gasteiger partial charge in [-0.05, 0) is 167 Å². The molecule has 12 rings (SSSR count). The molecule has 0 aromatic carbocycles. The first-order valence-electron chi connectivity index (χ1n) is 37.2. The summed E-state index contributed by atoms with van der Waals surface area (Å²) >= 11 is 6.64. The van der Waals surface area contributed by atoms with Crippen LogP contribution in [0.3, 0.4) is 0 Å². The van der Waals surface area contributed by atoms with Crippen molar-refractivity contribution in [2.24, 2.45) is 85.8 Å². The molecule has 0 bridgehead atoms. The molecule has 0 saturated heterocycles. The van der Waals surface area contributed by atoms with Gasteiger partial charge in [0, 0.05) is 48.5 Å². The van der Waals surface area contributed by atoms with Crippen LogP contribution in [0.4, 0.5) is 0 Å². The Hall–Kier alpha value is -0.460. The standard InChI is InChI=1S/C24H36B2O2S2.C23H34B2O3S2.C23H32B2O3S2/c1-5-6-15(2)19-9-10-20-18-8-7-16-13-17(27-29-25)14-22(28-30-26)24(16,4)21(18)11-12-23(19,20)3;2*1-14(9-11-26)18-6-7-19-17-5-4-15-12-16(27-29-24)13-21(28-30-25)23(15,3)20(17)8-10-22(18,19)2/h7-9,15,17,20-22,25-26H,5-6,10-14H2,1-4H3;4-6,14,16,19-21,24-26H,7-13H2,1-3H3;4-6,11,14,16,19-21,24-25H,7-10,12-13H2,1-3H3/t15-,17+,20?,21?,22-,23+,24-;2*14-,16+,19?,20?,21-,22+,23-/m000/s1/i25T,26T;2*24T,25T. The molecule has 6 fully saturated rings. The molecular weight excluding hydrogens is 1230 g/mol. The SMILES string of the molecule is [3H][B]SO[C@@H]1CC2=CC=C3C(CC[C@]4(C)C([C@@H](C)CC=O)=CCC34)[C@@]2(C)[C@@H](OS[B][3H])C1.[3H][B]SO[C@@H]1CC2=CC=C3C(CC[C@]4(C)C([C@@H](C)CCC)=CCC34)[C@@]2(C)[C@@H](OS[B][3H])C1.[3H][B]SO[C@@H]1CC2=CC=C3C(CC[C@]4(C)C([C@@H](C)CCO)=CCC34)[C@@]2(C)[C@@H](OS[B][3H])C1. The van der Waals surface area contributed by atoms with Gasteiger partial charge in [0.25, 0.3) is 0 Å². The van der Waals surface area contributed by atoms with Crippen molar-refractivity contribution < 1.29 is 35.0 Å². The highest BCUT2D eigenvalue weighted by Gasteiger charge is 2.62. The fraction of sp³-hybridized carbons (Fsp3) is 0.729. The van der Waals surface area contributed by atoms with Crippen LogP contribution in [0.15, 0.2) is 105 Å². The molecule has 0 aliphatic heterocycles. The Morgan fingerprint density at radius 2 is 0.822 bits per heavy atom. The fourth-order valence-corrected chi connectivity index (χ4v) is 23.6. The van der Waals surface area contributed by atoms with E-state index < -0.39 is 0 Å². The molecular formula is C70H102B6O8S6. The topological polar surface area (TPSA) is 92.7 Å². The lowest BCUT2D eigenvalue weighted by Crippen LogP contribution is -2.52. The number of carbonyl (C=O) groups is 1. The van der Waals surface area contributed by atoms with Gasteiger partial charge in [0.05, 0.1) is 36.6 Å². The first-order valence-corrected chi connectivity index (χ1v) is 38.5. The van der Waals surface area contributed by atoms with Gasteiger partial charge in [0.2, 0.25) is 42.5 Å². The normalized spacial score (nSPS) is 41.7. The number of hydrogen-bond acceptors (Lipinski definition) is 14. The zero-order valence-corrected chi connectivity index (χ0v) is 60.2. The molecule has 21 atom stereocenters. The van der Waals surface area contributed by atoms with Gasteiger partial charge < -0.3 is 35.0 Å². The van der Waals surface area contributed by atoms with Crippen molar-refractivity contribution in [3.8, 4) is 0 Å². The number of hydrogen-bond donors (Lipinski definition) is 1. The van der Waals surface area contributed by atoms with E-state index >= 15 is 0 Å². The summed E-state index contributed by atoms with van der Waals surface area (Å²) in [6.45, 7) is 23.9. The molecule has 484 valence electrons. The molecule has 0 aromatic rings. The molecule has 6 unspecified atom stereocenters. The Kier molecular flexibility index (Phi) is 21.7. The van der Waals surface area contributed by atoms with Crippen LogP contribution in [-0.2, 0) is 29.9 Å². The van der Waals surface area contributed by atoms with E-state index in [9.17, 15) is 9.90 Å². The van der Waals surface area contributed by atoms with Crippen LogP contribution in [0, 0.1) is 85.8 Å². The van der Waals surface area contributed by atoms with E-state index in [4.69, 9.17) is 33.1 Å². The summed E-state index contributed by atoms with van der Waals surface area (Å²) in [6.07, 6.45) is 41.9. The first-order chi connectivity index (χ1) is 46.2. The van der Waals surface area contributed by atoms with E-state index in [-0.39, 0.29) is 70.3 Å². The van der Waals surface area contributed by atoms with Crippen molar-refractivity contribution in [2.75, 3.05) is 6.61 Å². The number of aldehydes is 1. The second-order valence-corrected chi connectivity index (χ2v) is 32.3. The number of aliphatic hydroxyl groups excluding tert-OH is 1. The van der Waals surface area contributed by atoms with Gasteiger partial charge >= 0.3 is 0 Å². The summed E-state index contributed by atoms with van der Waals surface area (Å²) in [7, 11) is 7.49. The smallest absolute Gasteiger partial charge is 0.209 e. The van der Waals surface area contributed by atoms with Gasteiger partial charge in [-0.1, -0.05) is 252 Å².